The van der Waals surface area contributed by atoms with E-state index >= 15 is 0 Å². The van der Waals surface area contributed by atoms with Gasteiger partial charge in [0.15, 0.2) is 0 Å². The molecule has 1 aromatic carbocycles. The zero-order valence-electron chi connectivity index (χ0n) is 11.5. The molecule has 0 atom stereocenters. The van der Waals surface area contributed by atoms with Gasteiger partial charge in [-0.3, -0.25) is 9.89 Å². The van der Waals surface area contributed by atoms with E-state index in [4.69, 9.17) is 0 Å². The van der Waals surface area contributed by atoms with E-state index in [2.05, 4.69) is 46.3 Å². The highest BCUT2D eigenvalue weighted by atomic mass is 16.2. The number of aromatic amines is 1. The maximum atomic E-state index is 12.2. The Morgan fingerprint density at radius 3 is 2.40 bits per heavy atom. The molecule has 3 rings (SSSR count). The van der Waals surface area contributed by atoms with Crippen LogP contribution < -0.4 is 4.90 Å². The minimum atomic E-state index is 0.0334. The van der Waals surface area contributed by atoms with Crippen LogP contribution in [0.4, 0.5) is 5.69 Å². The highest BCUT2D eigenvalue weighted by molar-refractivity contribution is 5.92. The first-order valence-electron chi connectivity index (χ1n) is 6.84. The van der Waals surface area contributed by atoms with Gasteiger partial charge in [0, 0.05) is 38.1 Å². The lowest BCUT2D eigenvalue weighted by molar-refractivity contribution is 0.0741. The molecule has 0 aliphatic carbocycles. The molecule has 5 heteroatoms. The number of rotatable bonds is 2. The van der Waals surface area contributed by atoms with E-state index in [1.807, 2.05) is 4.90 Å². The molecule has 20 heavy (non-hydrogen) atoms. The van der Waals surface area contributed by atoms with E-state index in [1.54, 1.807) is 12.3 Å². The van der Waals surface area contributed by atoms with Gasteiger partial charge < -0.3 is 9.80 Å². The molecule has 0 spiro atoms. The van der Waals surface area contributed by atoms with Crippen LogP contribution in [0.3, 0.4) is 0 Å². The average molecular weight is 270 g/mol. The summed E-state index contributed by atoms with van der Waals surface area (Å²) in [5, 5.41) is 6.55. The van der Waals surface area contributed by atoms with E-state index in [1.165, 1.54) is 11.3 Å². The summed E-state index contributed by atoms with van der Waals surface area (Å²) in [4.78, 5) is 16.4. The number of H-pyrrole nitrogens is 1. The largest absolute Gasteiger partial charge is 0.368 e. The molecular weight excluding hydrogens is 252 g/mol. The third-order valence-corrected chi connectivity index (χ3v) is 3.70. The van der Waals surface area contributed by atoms with Gasteiger partial charge in [0.05, 0.1) is 0 Å². The molecule has 1 aliphatic heterocycles. The zero-order chi connectivity index (χ0) is 13.9. The highest BCUT2D eigenvalue weighted by Gasteiger charge is 2.22. The van der Waals surface area contributed by atoms with Crippen molar-refractivity contribution in [1.29, 1.82) is 0 Å². The van der Waals surface area contributed by atoms with Gasteiger partial charge in [-0.25, -0.2) is 0 Å². The molecule has 1 aromatic heterocycles. The van der Waals surface area contributed by atoms with E-state index < -0.39 is 0 Å². The number of aryl methyl sites for hydroxylation is 1. The average Bonchev–Trinajstić information content (AvgIpc) is 3.02. The maximum absolute atomic E-state index is 12.2. The quantitative estimate of drug-likeness (QED) is 0.903. The number of hydrogen-bond acceptors (Lipinski definition) is 3. The Hall–Kier alpha value is -2.30. The normalized spacial score (nSPS) is 15.4. The summed E-state index contributed by atoms with van der Waals surface area (Å²) in [5.41, 5.74) is 3.06. The number of nitrogens with one attached hydrogen (secondary N) is 1. The monoisotopic (exact) mass is 270 g/mol. The summed E-state index contributed by atoms with van der Waals surface area (Å²) in [5.74, 6) is 0.0334. The second kappa shape index (κ2) is 5.36. The van der Waals surface area contributed by atoms with E-state index in [0.717, 1.165) is 26.2 Å². The van der Waals surface area contributed by atoms with E-state index in [0.29, 0.717) is 5.69 Å². The predicted octanol–water partition coefficient (Wildman–Crippen LogP) is 1.68. The maximum Gasteiger partial charge on any atom is 0.271 e. The lowest BCUT2D eigenvalue weighted by Gasteiger charge is -2.36. The van der Waals surface area contributed by atoms with Gasteiger partial charge in [-0.2, -0.15) is 5.10 Å². The summed E-state index contributed by atoms with van der Waals surface area (Å²) >= 11 is 0. The van der Waals surface area contributed by atoms with Crippen LogP contribution in [0, 0.1) is 6.92 Å². The molecule has 0 bridgehead atoms. The van der Waals surface area contributed by atoms with Crippen molar-refractivity contribution in [3.63, 3.8) is 0 Å². The number of hydrogen-bond donors (Lipinski definition) is 1. The number of carbonyl (C=O) groups is 1. The fraction of sp³-hybridized carbons (Fsp3) is 0.333. The van der Waals surface area contributed by atoms with Crippen molar-refractivity contribution in [3.05, 3.63) is 47.8 Å². The van der Waals surface area contributed by atoms with Crippen LogP contribution in [-0.4, -0.2) is 47.2 Å². The second-order valence-corrected chi connectivity index (χ2v) is 5.09. The Kier molecular flexibility index (Phi) is 3.41. The first-order valence-corrected chi connectivity index (χ1v) is 6.84. The molecule has 1 fully saturated rings. The molecule has 0 radical (unpaired) electrons. The Labute approximate surface area is 118 Å². The van der Waals surface area contributed by atoms with Crippen molar-refractivity contribution in [1.82, 2.24) is 15.1 Å². The summed E-state index contributed by atoms with van der Waals surface area (Å²) < 4.78 is 0. The Bertz CT molecular complexity index is 568. The summed E-state index contributed by atoms with van der Waals surface area (Å²) in [6.07, 6.45) is 1.61. The van der Waals surface area contributed by atoms with Crippen molar-refractivity contribution >= 4 is 11.6 Å². The molecular formula is C15H18N4O. The van der Waals surface area contributed by atoms with Crippen LogP contribution in [0.1, 0.15) is 16.1 Å². The van der Waals surface area contributed by atoms with Gasteiger partial charge in [0.1, 0.15) is 5.69 Å². The van der Waals surface area contributed by atoms with Crippen molar-refractivity contribution in [3.8, 4) is 0 Å². The number of piperazine rings is 1. The van der Waals surface area contributed by atoms with Crippen LogP contribution in [-0.2, 0) is 0 Å². The molecule has 1 amide bonds. The molecule has 0 unspecified atom stereocenters. The lowest BCUT2D eigenvalue weighted by atomic mass is 10.2. The van der Waals surface area contributed by atoms with Crippen molar-refractivity contribution in [2.24, 2.45) is 0 Å². The second-order valence-electron chi connectivity index (χ2n) is 5.09. The predicted molar refractivity (Wildman–Crippen MR) is 77.9 cm³/mol. The van der Waals surface area contributed by atoms with Crippen LogP contribution in [0.2, 0.25) is 0 Å². The molecule has 0 saturated carbocycles. The zero-order valence-corrected chi connectivity index (χ0v) is 11.5. The molecule has 2 aromatic rings. The van der Waals surface area contributed by atoms with E-state index in [-0.39, 0.29) is 5.91 Å². The Morgan fingerprint density at radius 1 is 1.10 bits per heavy atom. The molecule has 1 N–H and O–H groups in total. The first kappa shape index (κ1) is 12.7. The van der Waals surface area contributed by atoms with Gasteiger partial charge in [-0.15, -0.1) is 0 Å². The minimum Gasteiger partial charge on any atom is -0.368 e. The summed E-state index contributed by atoms with van der Waals surface area (Å²) in [6.45, 7) is 5.30. The molecule has 1 saturated heterocycles. The Morgan fingerprint density at radius 2 is 1.80 bits per heavy atom. The first-order chi connectivity index (χ1) is 9.74. The van der Waals surface area contributed by atoms with Crippen molar-refractivity contribution in [2.45, 2.75) is 6.92 Å². The number of aromatic nitrogens is 2. The van der Waals surface area contributed by atoms with Gasteiger partial charge >= 0.3 is 0 Å². The standard InChI is InChI=1S/C15H18N4O/c1-12-2-4-13(5-3-12)18-8-10-19(11-9-18)15(20)14-6-7-16-17-14/h2-7H,8-11H2,1H3,(H,16,17). The fourth-order valence-corrected chi connectivity index (χ4v) is 2.47. The van der Waals surface area contributed by atoms with E-state index in [9.17, 15) is 4.79 Å². The van der Waals surface area contributed by atoms with Crippen LogP contribution >= 0.6 is 0 Å². The summed E-state index contributed by atoms with van der Waals surface area (Å²) in [7, 11) is 0. The van der Waals surface area contributed by atoms with Crippen LogP contribution in [0.5, 0.6) is 0 Å². The smallest absolute Gasteiger partial charge is 0.271 e. The topological polar surface area (TPSA) is 52.2 Å². The van der Waals surface area contributed by atoms with Crippen LogP contribution in [0.25, 0.3) is 0 Å². The fourth-order valence-electron chi connectivity index (χ4n) is 2.47. The molecule has 2 heterocycles. The SMILES string of the molecule is Cc1ccc(N2CCN(C(=O)c3ccn[nH]3)CC2)cc1. The van der Waals surface area contributed by atoms with Gasteiger partial charge in [-0.1, -0.05) is 17.7 Å². The van der Waals surface area contributed by atoms with Crippen molar-refractivity contribution < 1.29 is 4.79 Å². The lowest BCUT2D eigenvalue weighted by Crippen LogP contribution is -2.48. The molecule has 5 nitrogen and oxygen atoms in total. The number of carbonyl (C=O) groups excluding carboxylic acids is 1. The third kappa shape index (κ3) is 2.52. The van der Waals surface area contributed by atoms with Crippen LogP contribution in [0.15, 0.2) is 36.5 Å². The highest BCUT2D eigenvalue weighted by Crippen LogP contribution is 2.17. The van der Waals surface area contributed by atoms with Gasteiger partial charge in [0.2, 0.25) is 0 Å². The summed E-state index contributed by atoms with van der Waals surface area (Å²) in [6, 6.07) is 10.2. The third-order valence-electron chi connectivity index (χ3n) is 3.70. The number of benzene rings is 1. The number of nitrogens with zero attached hydrogens (tertiary/aromatic N) is 3. The molecule has 104 valence electrons. The number of amides is 1. The minimum absolute atomic E-state index is 0.0334. The van der Waals surface area contributed by atoms with Gasteiger partial charge in [0.25, 0.3) is 5.91 Å². The molecule has 1 aliphatic rings. The van der Waals surface area contributed by atoms with Crippen molar-refractivity contribution in [2.75, 3.05) is 31.1 Å². The Balaban J connectivity index is 1.62. The number of anilines is 1. The van der Waals surface area contributed by atoms with Gasteiger partial charge in [-0.05, 0) is 25.1 Å².